The van der Waals surface area contributed by atoms with Crippen LogP contribution in [0.25, 0.3) is 16.0 Å². The van der Waals surface area contributed by atoms with Gasteiger partial charge in [0.25, 0.3) is 0 Å². The summed E-state index contributed by atoms with van der Waals surface area (Å²) in [6.07, 6.45) is 5.07. The van der Waals surface area contributed by atoms with E-state index in [1.54, 1.807) is 31.4 Å². The molecule has 9 heteroatoms. The van der Waals surface area contributed by atoms with Gasteiger partial charge in [-0.1, -0.05) is 30.6 Å². The van der Waals surface area contributed by atoms with Crippen molar-refractivity contribution in [1.29, 1.82) is 0 Å². The second-order valence-electron chi connectivity index (χ2n) is 6.76. The zero-order chi connectivity index (χ0) is 19.7. The minimum Gasteiger partial charge on any atom is -0.497 e. The van der Waals surface area contributed by atoms with Gasteiger partial charge >= 0.3 is 5.97 Å². The van der Waals surface area contributed by atoms with Crippen molar-refractivity contribution in [3.8, 4) is 11.4 Å². The Kier molecular flexibility index (Phi) is 4.99. The fourth-order valence-electron chi connectivity index (χ4n) is 3.47. The lowest BCUT2D eigenvalue weighted by molar-refractivity contribution is -0.120. The second kappa shape index (κ2) is 7.59. The molecule has 8 nitrogen and oxygen atoms in total. The van der Waals surface area contributed by atoms with Gasteiger partial charge < -0.3 is 15.2 Å². The van der Waals surface area contributed by atoms with Crippen LogP contribution in [-0.4, -0.2) is 38.9 Å². The summed E-state index contributed by atoms with van der Waals surface area (Å²) in [6, 6.07) is 7.08. The summed E-state index contributed by atoms with van der Waals surface area (Å²) in [7, 11) is 1.57. The molecule has 1 aliphatic rings. The number of aromatic nitrogens is 3. The van der Waals surface area contributed by atoms with Crippen LogP contribution in [0.2, 0.25) is 0 Å². The number of methoxy groups -OCH3 is 1. The standard InChI is InChI=1S/C19H20N4O4S/c1-27-13-9-7-12(8-10-13)23-16-15(14(22-23)18(25)26)28-19(20-16)21-17(24)11-5-3-2-4-6-11/h7-11H,2-6H2,1H3,(H,25,26)(H,20,21,24). The van der Waals surface area contributed by atoms with Crippen molar-refractivity contribution in [2.45, 2.75) is 32.1 Å². The lowest BCUT2D eigenvalue weighted by Gasteiger charge is -2.19. The minimum atomic E-state index is -1.13. The van der Waals surface area contributed by atoms with Crippen LogP contribution in [-0.2, 0) is 4.79 Å². The first-order valence-electron chi connectivity index (χ1n) is 9.15. The first-order chi connectivity index (χ1) is 13.6. The maximum atomic E-state index is 12.5. The van der Waals surface area contributed by atoms with Gasteiger partial charge in [-0.25, -0.2) is 9.48 Å². The molecule has 2 N–H and O–H groups in total. The Morgan fingerprint density at radius 3 is 2.57 bits per heavy atom. The Bertz CT molecular complexity index is 1020. The van der Waals surface area contributed by atoms with E-state index in [1.807, 2.05) is 0 Å². The zero-order valence-corrected chi connectivity index (χ0v) is 16.2. The SMILES string of the molecule is COc1ccc(-n2nc(C(=O)O)c3sc(NC(=O)C4CCCCC4)nc32)cc1. The van der Waals surface area contributed by atoms with Crippen molar-refractivity contribution in [1.82, 2.24) is 14.8 Å². The summed E-state index contributed by atoms with van der Waals surface area (Å²) >= 11 is 1.14. The smallest absolute Gasteiger partial charge is 0.358 e. The number of hydrogen-bond acceptors (Lipinski definition) is 6. The predicted molar refractivity (Wildman–Crippen MR) is 105 cm³/mol. The molecular weight excluding hydrogens is 380 g/mol. The van der Waals surface area contributed by atoms with Gasteiger partial charge in [-0.3, -0.25) is 4.79 Å². The molecule has 28 heavy (non-hydrogen) atoms. The fraction of sp³-hybridized carbons (Fsp3) is 0.368. The molecule has 0 radical (unpaired) electrons. The normalized spacial score (nSPS) is 14.9. The highest BCUT2D eigenvalue weighted by Crippen LogP contribution is 2.32. The van der Waals surface area contributed by atoms with Crippen LogP contribution in [0.15, 0.2) is 24.3 Å². The molecule has 146 valence electrons. The molecule has 1 aliphatic carbocycles. The van der Waals surface area contributed by atoms with Gasteiger partial charge in [0.1, 0.15) is 10.4 Å². The number of anilines is 1. The number of hydrogen-bond donors (Lipinski definition) is 2. The highest BCUT2D eigenvalue weighted by molar-refractivity contribution is 7.22. The number of rotatable bonds is 5. The first-order valence-corrected chi connectivity index (χ1v) is 9.96. The third kappa shape index (κ3) is 3.45. The van der Waals surface area contributed by atoms with Crippen LogP contribution < -0.4 is 10.1 Å². The van der Waals surface area contributed by atoms with Crippen LogP contribution in [0.1, 0.15) is 42.6 Å². The van der Waals surface area contributed by atoms with E-state index in [0.717, 1.165) is 37.0 Å². The molecule has 2 aromatic heterocycles. The van der Waals surface area contributed by atoms with Crippen molar-refractivity contribution in [3.05, 3.63) is 30.0 Å². The molecule has 1 fully saturated rings. The first kappa shape index (κ1) is 18.4. The van der Waals surface area contributed by atoms with Crippen molar-refractivity contribution >= 4 is 38.7 Å². The molecule has 3 aromatic rings. The zero-order valence-electron chi connectivity index (χ0n) is 15.3. The van der Waals surface area contributed by atoms with Crippen molar-refractivity contribution in [2.24, 2.45) is 5.92 Å². The summed E-state index contributed by atoms with van der Waals surface area (Å²) in [5, 5.41) is 17.0. The van der Waals surface area contributed by atoms with Gasteiger partial charge in [-0.15, -0.1) is 0 Å². The van der Waals surface area contributed by atoms with E-state index in [1.165, 1.54) is 11.1 Å². The topological polar surface area (TPSA) is 106 Å². The molecule has 0 saturated heterocycles. The lowest BCUT2D eigenvalue weighted by atomic mass is 9.89. The van der Waals surface area contributed by atoms with Crippen molar-refractivity contribution < 1.29 is 19.4 Å². The number of fused-ring (bicyclic) bond motifs is 1. The molecule has 0 bridgehead atoms. The van der Waals surface area contributed by atoms with E-state index in [-0.39, 0.29) is 17.5 Å². The molecule has 0 aliphatic heterocycles. The summed E-state index contributed by atoms with van der Waals surface area (Å²) < 4.78 is 7.07. The van der Waals surface area contributed by atoms with E-state index in [0.29, 0.717) is 26.9 Å². The van der Waals surface area contributed by atoms with Gasteiger partial charge in [0.05, 0.1) is 12.8 Å². The molecule has 2 heterocycles. The van der Waals surface area contributed by atoms with Crippen LogP contribution in [0.4, 0.5) is 5.13 Å². The highest BCUT2D eigenvalue weighted by atomic mass is 32.1. The number of carbonyl (C=O) groups is 2. The average molecular weight is 400 g/mol. The number of aromatic carboxylic acids is 1. The summed E-state index contributed by atoms with van der Waals surface area (Å²) in [6.45, 7) is 0. The molecule has 0 spiro atoms. The maximum Gasteiger partial charge on any atom is 0.358 e. The monoisotopic (exact) mass is 400 g/mol. The maximum absolute atomic E-state index is 12.5. The third-order valence-corrected chi connectivity index (χ3v) is 5.92. The fourth-order valence-corrected chi connectivity index (χ4v) is 4.40. The van der Waals surface area contributed by atoms with Gasteiger partial charge in [-0.2, -0.15) is 10.1 Å². The number of ether oxygens (including phenoxy) is 1. The molecular formula is C19H20N4O4S. The van der Waals surface area contributed by atoms with E-state index < -0.39 is 5.97 Å². The largest absolute Gasteiger partial charge is 0.497 e. The second-order valence-corrected chi connectivity index (χ2v) is 7.76. The van der Waals surface area contributed by atoms with Gasteiger partial charge in [-0.05, 0) is 37.1 Å². The number of nitrogens with one attached hydrogen (secondary N) is 1. The summed E-state index contributed by atoms with van der Waals surface area (Å²) in [4.78, 5) is 28.6. The van der Waals surface area contributed by atoms with Gasteiger partial charge in [0.2, 0.25) is 5.91 Å². The number of carbonyl (C=O) groups excluding carboxylic acids is 1. The van der Waals surface area contributed by atoms with E-state index in [9.17, 15) is 14.7 Å². The number of thiazole rings is 1. The highest BCUT2D eigenvalue weighted by Gasteiger charge is 2.25. The Labute approximate surface area is 165 Å². The van der Waals surface area contributed by atoms with Gasteiger partial charge in [0, 0.05) is 5.92 Å². The summed E-state index contributed by atoms with van der Waals surface area (Å²) in [5.41, 5.74) is 0.988. The van der Waals surface area contributed by atoms with E-state index in [4.69, 9.17) is 4.74 Å². The molecule has 4 rings (SSSR count). The number of nitrogens with zero attached hydrogens (tertiary/aromatic N) is 3. The lowest BCUT2D eigenvalue weighted by Crippen LogP contribution is -2.24. The molecule has 0 atom stereocenters. The van der Waals surface area contributed by atoms with E-state index >= 15 is 0 Å². The molecule has 1 aromatic carbocycles. The third-order valence-electron chi connectivity index (χ3n) is 4.95. The van der Waals surface area contributed by atoms with Crippen molar-refractivity contribution in [2.75, 3.05) is 12.4 Å². The Balaban J connectivity index is 1.68. The van der Waals surface area contributed by atoms with Crippen LogP contribution in [0.5, 0.6) is 5.75 Å². The van der Waals surface area contributed by atoms with Gasteiger partial charge in [0.15, 0.2) is 16.5 Å². The Hall–Kier alpha value is -2.94. The van der Waals surface area contributed by atoms with Crippen molar-refractivity contribution in [3.63, 3.8) is 0 Å². The predicted octanol–water partition coefficient (Wildman–Crippen LogP) is 3.71. The summed E-state index contributed by atoms with van der Waals surface area (Å²) in [5.74, 6) is -0.495. The quantitative estimate of drug-likeness (QED) is 0.676. The Morgan fingerprint density at radius 1 is 1.21 bits per heavy atom. The minimum absolute atomic E-state index is 0.00204. The molecule has 0 unspecified atom stereocenters. The average Bonchev–Trinajstić information content (AvgIpc) is 3.27. The van der Waals surface area contributed by atoms with Crippen LogP contribution in [0, 0.1) is 5.92 Å². The number of carboxylic acid groups (broad SMARTS) is 1. The molecule has 1 amide bonds. The Morgan fingerprint density at radius 2 is 1.93 bits per heavy atom. The number of benzene rings is 1. The molecule has 1 saturated carbocycles. The van der Waals surface area contributed by atoms with Crippen LogP contribution in [0.3, 0.4) is 0 Å². The van der Waals surface area contributed by atoms with Crippen LogP contribution >= 0.6 is 11.3 Å². The number of carboxylic acids is 1. The van der Waals surface area contributed by atoms with E-state index in [2.05, 4.69) is 15.4 Å². The number of amides is 1.